The number of nitrogens with one attached hydrogen (secondary N) is 1. The molecule has 2 rings (SSSR count). The summed E-state index contributed by atoms with van der Waals surface area (Å²) in [7, 11) is 1.33. The molecule has 1 aromatic carbocycles. The second kappa shape index (κ2) is 6.51. The van der Waals surface area contributed by atoms with E-state index in [1.807, 2.05) is 18.2 Å². The van der Waals surface area contributed by atoms with Gasteiger partial charge in [0.2, 0.25) is 0 Å². The fourth-order valence-electron chi connectivity index (χ4n) is 2.79. The van der Waals surface area contributed by atoms with E-state index in [1.54, 1.807) is 20.8 Å². The molecule has 0 saturated carbocycles. The predicted octanol–water partition coefficient (Wildman–Crippen LogP) is 3.37. The molecule has 1 aliphatic carbocycles. The first-order valence-electron chi connectivity index (χ1n) is 7.52. The SMILES string of the molecule is COC(=O)[C@]1(NC(=O)OC(C)(C)C)CCc2cc(Br)ccc2C1. The summed E-state index contributed by atoms with van der Waals surface area (Å²) in [6.45, 7) is 5.35. The van der Waals surface area contributed by atoms with E-state index in [0.717, 1.165) is 10.0 Å². The molecule has 0 heterocycles. The summed E-state index contributed by atoms with van der Waals surface area (Å²) >= 11 is 3.45. The minimum Gasteiger partial charge on any atom is -0.467 e. The smallest absolute Gasteiger partial charge is 0.408 e. The van der Waals surface area contributed by atoms with Gasteiger partial charge in [-0.3, -0.25) is 0 Å². The van der Waals surface area contributed by atoms with Crippen LogP contribution < -0.4 is 5.32 Å². The molecule has 23 heavy (non-hydrogen) atoms. The molecule has 6 heteroatoms. The second-order valence-electron chi connectivity index (χ2n) is 6.79. The van der Waals surface area contributed by atoms with Crippen molar-refractivity contribution in [3.63, 3.8) is 0 Å². The van der Waals surface area contributed by atoms with Gasteiger partial charge in [0.25, 0.3) is 0 Å². The minimum absolute atomic E-state index is 0.390. The summed E-state index contributed by atoms with van der Waals surface area (Å²) in [4.78, 5) is 24.5. The zero-order chi connectivity index (χ0) is 17.3. The van der Waals surface area contributed by atoms with Crippen molar-refractivity contribution < 1.29 is 19.1 Å². The van der Waals surface area contributed by atoms with Crippen LogP contribution in [0.15, 0.2) is 22.7 Å². The Hall–Kier alpha value is -1.56. The summed E-state index contributed by atoms with van der Waals surface area (Å²) in [6, 6.07) is 5.94. The Morgan fingerprint density at radius 1 is 1.26 bits per heavy atom. The average molecular weight is 384 g/mol. The zero-order valence-electron chi connectivity index (χ0n) is 13.9. The largest absolute Gasteiger partial charge is 0.467 e. The third-order valence-electron chi connectivity index (χ3n) is 3.80. The van der Waals surface area contributed by atoms with Gasteiger partial charge in [0, 0.05) is 10.9 Å². The van der Waals surface area contributed by atoms with Crippen molar-refractivity contribution in [3.8, 4) is 0 Å². The number of hydrogen-bond acceptors (Lipinski definition) is 4. The summed E-state index contributed by atoms with van der Waals surface area (Å²) in [5, 5.41) is 2.75. The Bertz CT molecular complexity index is 624. The van der Waals surface area contributed by atoms with E-state index in [-0.39, 0.29) is 0 Å². The number of hydrogen-bond donors (Lipinski definition) is 1. The first-order chi connectivity index (χ1) is 10.6. The Balaban J connectivity index is 2.26. The van der Waals surface area contributed by atoms with Crippen molar-refractivity contribution >= 4 is 28.0 Å². The lowest BCUT2D eigenvalue weighted by molar-refractivity contribution is -0.149. The van der Waals surface area contributed by atoms with Crippen LogP contribution in [0, 0.1) is 0 Å². The van der Waals surface area contributed by atoms with Crippen LogP contribution in [-0.4, -0.2) is 30.3 Å². The fourth-order valence-corrected chi connectivity index (χ4v) is 3.20. The Morgan fingerprint density at radius 2 is 1.96 bits per heavy atom. The molecule has 0 fully saturated rings. The highest BCUT2D eigenvalue weighted by atomic mass is 79.9. The van der Waals surface area contributed by atoms with Crippen molar-refractivity contribution in [2.24, 2.45) is 0 Å². The lowest BCUT2D eigenvalue weighted by atomic mass is 9.78. The van der Waals surface area contributed by atoms with E-state index < -0.39 is 23.2 Å². The number of carbonyl (C=O) groups excluding carboxylic acids is 2. The predicted molar refractivity (Wildman–Crippen MR) is 90.3 cm³/mol. The van der Waals surface area contributed by atoms with Gasteiger partial charge in [-0.15, -0.1) is 0 Å². The van der Waals surface area contributed by atoms with Crippen molar-refractivity contribution in [1.29, 1.82) is 0 Å². The summed E-state index contributed by atoms with van der Waals surface area (Å²) in [5.74, 6) is -0.447. The lowest BCUT2D eigenvalue weighted by Crippen LogP contribution is -2.59. The number of fused-ring (bicyclic) bond motifs is 1. The molecular weight excluding hydrogens is 362 g/mol. The van der Waals surface area contributed by atoms with Gasteiger partial charge in [0.15, 0.2) is 0 Å². The molecule has 0 spiro atoms. The molecule has 0 aromatic heterocycles. The van der Waals surface area contributed by atoms with Gasteiger partial charge in [-0.2, -0.15) is 0 Å². The van der Waals surface area contributed by atoms with Gasteiger partial charge in [-0.1, -0.05) is 22.0 Å². The Kier molecular flexibility index (Phi) is 5.04. The van der Waals surface area contributed by atoms with Gasteiger partial charge < -0.3 is 14.8 Å². The molecule has 0 bridgehead atoms. The molecule has 0 radical (unpaired) electrons. The van der Waals surface area contributed by atoms with E-state index in [9.17, 15) is 9.59 Å². The third-order valence-corrected chi connectivity index (χ3v) is 4.29. The second-order valence-corrected chi connectivity index (χ2v) is 7.71. The maximum absolute atomic E-state index is 12.4. The van der Waals surface area contributed by atoms with Crippen LogP contribution in [0.5, 0.6) is 0 Å². The number of ether oxygens (including phenoxy) is 2. The highest BCUT2D eigenvalue weighted by Gasteiger charge is 2.44. The number of carbonyl (C=O) groups is 2. The van der Waals surface area contributed by atoms with Crippen molar-refractivity contribution in [3.05, 3.63) is 33.8 Å². The highest BCUT2D eigenvalue weighted by Crippen LogP contribution is 2.32. The Labute approximate surface area is 144 Å². The van der Waals surface area contributed by atoms with Crippen LogP contribution in [0.2, 0.25) is 0 Å². The van der Waals surface area contributed by atoms with Crippen molar-refractivity contribution in [2.75, 3.05) is 7.11 Å². The van der Waals surface area contributed by atoms with E-state index in [4.69, 9.17) is 9.47 Å². The quantitative estimate of drug-likeness (QED) is 0.795. The number of benzene rings is 1. The molecule has 0 unspecified atom stereocenters. The molecular formula is C17H22BrNO4. The topological polar surface area (TPSA) is 64.6 Å². The number of rotatable bonds is 2. The number of amides is 1. The molecule has 0 saturated heterocycles. The Morgan fingerprint density at radius 3 is 2.57 bits per heavy atom. The summed E-state index contributed by atoms with van der Waals surface area (Å²) in [5.41, 5.74) is 0.488. The highest BCUT2D eigenvalue weighted by molar-refractivity contribution is 9.10. The first-order valence-corrected chi connectivity index (χ1v) is 8.31. The molecule has 0 aliphatic heterocycles. The maximum atomic E-state index is 12.4. The minimum atomic E-state index is -1.09. The van der Waals surface area contributed by atoms with Gasteiger partial charge >= 0.3 is 12.1 Å². The van der Waals surface area contributed by atoms with Crippen LogP contribution in [0.1, 0.15) is 38.3 Å². The van der Waals surface area contributed by atoms with Gasteiger partial charge in [0.1, 0.15) is 11.1 Å². The zero-order valence-corrected chi connectivity index (χ0v) is 15.5. The van der Waals surface area contributed by atoms with Crippen molar-refractivity contribution in [1.82, 2.24) is 5.32 Å². The first kappa shape index (κ1) is 17.8. The number of aryl methyl sites for hydroxylation is 1. The number of esters is 1. The lowest BCUT2D eigenvalue weighted by Gasteiger charge is -2.36. The van der Waals surface area contributed by atoms with Crippen LogP contribution in [-0.2, 0) is 27.1 Å². The monoisotopic (exact) mass is 383 g/mol. The van der Waals surface area contributed by atoms with E-state index in [0.29, 0.717) is 19.3 Å². The third kappa shape index (κ3) is 4.25. The van der Waals surface area contributed by atoms with Crippen LogP contribution in [0.25, 0.3) is 0 Å². The van der Waals surface area contributed by atoms with E-state index in [1.165, 1.54) is 12.7 Å². The fraction of sp³-hybridized carbons (Fsp3) is 0.529. The normalized spacial score (nSPS) is 20.4. The standard InChI is InChI=1S/C17H22BrNO4/c1-16(2,3)23-15(21)19-17(14(20)22-4)8-7-11-9-13(18)6-5-12(11)10-17/h5-6,9H,7-8,10H2,1-4H3,(H,19,21)/t17-/m0/s1. The van der Waals surface area contributed by atoms with Crippen molar-refractivity contribution in [2.45, 2.75) is 51.2 Å². The molecule has 1 atom stereocenters. The van der Waals surface area contributed by atoms with Crippen LogP contribution in [0.4, 0.5) is 4.79 Å². The van der Waals surface area contributed by atoms with Gasteiger partial charge in [-0.25, -0.2) is 9.59 Å². The average Bonchev–Trinajstić information content (AvgIpc) is 2.44. The maximum Gasteiger partial charge on any atom is 0.408 e. The molecule has 1 amide bonds. The molecule has 1 aliphatic rings. The van der Waals surface area contributed by atoms with Gasteiger partial charge in [0.05, 0.1) is 7.11 Å². The van der Waals surface area contributed by atoms with Gasteiger partial charge in [-0.05, 0) is 56.9 Å². The summed E-state index contributed by atoms with van der Waals surface area (Å²) in [6.07, 6.45) is 0.937. The number of methoxy groups -OCH3 is 1. The number of alkyl carbamates (subject to hydrolysis) is 1. The summed E-state index contributed by atoms with van der Waals surface area (Å²) < 4.78 is 11.2. The van der Waals surface area contributed by atoms with Crippen LogP contribution in [0.3, 0.4) is 0 Å². The molecule has 1 N–H and O–H groups in total. The number of halogens is 1. The van der Waals surface area contributed by atoms with E-state index >= 15 is 0 Å². The molecule has 126 valence electrons. The van der Waals surface area contributed by atoms with Crippen LogP contribution >= 0.6 is 15.9 Å². The molecule has 1 aromatic rings. The van der Waals surface area contributed by atoms with E-state index in [2.05, 4.69) is 21.2 Å². The molecule has 5 nitrogen and oxygen atoms in total.